The van der Waals surface area contributed by atoms with Crippen LogP contribution in [0.1, 0.15) is 23.6 Å². The van der Waals surface area contributed by atoms with E-state index in [-0.39, 0.29) is 0 Å². The van der Waals surface area contributed by atoms with Crippen LogP contribution in [0.3, 0.4) is 0 Å². The predicted molar refractivity (Wildman–Crippen MR) is 620 cm³/mol. The van der Waals surface area contributed by atoms with Gasteiger partial charge in [0.15, 0.2) is 0 Å². The van der Waals surface area contributed by atoms with E-state index in [1.54, 1.807) is 0 Å². The molecule has 0 bridgehead atoms. The van der Waals surface area contributed by atoms with Crippen LogP contribution in [0, 0.1) is 13.8 Å². The lowest BCUT2D eigenvalue weighted by atomic mass is 9.80. The summed E-state index contributed by atoms with van der Waals surface area (Å²) in [5.74, 6) is 0. The standard InChI is InChI=1S/2C72H48/c1-45-40-46(2)42-50(41-45)67-43-68(60-33-30-51(47-18-6-3-7-19-47)54-24-12-15-27-57(54)60)64-38-39-66-70(62-35-32-53(49-22-10-5-11-23-49)56-26-14-17-29-59(56)62)44-69(65-37-36-63(67)71(64)72(65)66)61-34-31-52(48-20-8-4-9-21-48)55-25-13-16-28-58(55)61;1-2-46-30-32-50(33-31-46)67-44-68(60-37-34-51(47-18-6-3-7-19-47)54-24-12-15-27-57(54)60)64-42-43-66-70(62-39-36-53(49-22-10-5-11-23-49)56-26-14-17-29-59(56)62)45-69(65-41-40-63(67)71(64)72(65)66)61-38-35-52(48-20-8-4-9-21-48)55-25-13-16-28-58(55)61/h3-44H,1-2H3;3-45H,2H2,1H3. The van der Waals surface area contributed by atoms with Crippen molar-refractivity contribution in [2.75, 3.05) is 0 Å². The van der Waals surface area contributed by atoms with Gasteiger partial charge in [0, 0.05) is 0 Å². The molecule has 0 aromatic heterocycles. The van der Waals surface area contributed by atoms with E-state index >= 15 is 0 Å². The normalized spacial score (nSPS) is 11.7. The Labute approximate surface area is 838 Å². The first-order valence-corrected chi connectivity index (χ1v) is 50.5. The van der Waals surface area contributed by atoms with Crippen molar-refractivity contribution in [1.29, 1.82) is 0 Å². The van der Waals surface area contributed by atoms with Gasteiger partial charge in [0.2, 0.25) is 0 Å². The average molecular weight is 1830 g/mol. The Balaban J connectivity index is 0.000000143. The van der Waals surface area contributed by atoms with E-state index < -0.39 is 0 Å². The zero-order chi connectivity index (χ0) is 95.6. The zero-order valence-electron chi connectivity index (χ0n) is 80.3. The van der Waals surface area contributed by atoms with Crippen LogP contribution in [0.2, 0.25) is 0 Å². The summed E-state index contributed by atoms with van der Waals surface area (Å²) in [6.45, 7) is 6.69. The van der Waals surface area contributed by atoms with Crippen LogP contribution in [-0.2, 0) is 6.42 Å². The van der Waals surface area contributed by atoms with Crippen LogP contribution in [0.4, 0.5) is 0 Å². The Kier molecular flexibility index (Phi) is 20.8. The molecule has 0 amide bonds. The number of rotatable bonds is 15. The summed E-state index contributed by atoms with van der Waals surface area (Å²) in [5, 5.41) is 30.2. The molecule has 28 aromatic carbocycles. The van der Waals surface area contributed by atoms with Gasteiger partial charge in [0.1, 0.15) is 0 Å². The number of aryl methyl sites for hydroxylation is 3. The SMILES string of the molecule is CCc1ccc(-c2cc(-c3ccc(-c4ccccc4)c4ccccc34)c3ccc4c(-c5ccc(-c6ccccc6)c6ccccc56)cc(-c5ccc(-c6ccccc6)c6ccccc56)c5ccc2c3c54)cc1.Cc1cc(C)cc(-c2cc(-c3ccc(-c4ccccc4)c4ccccc34)c3ccc4c(-c5ccc(-c6ccccc6)c6ccccc56)cc(-c5ccc(-c6ccccc6)c6ccccc56)c5ccc2c3c54)c1. The Bertz CT molecular complexity index is 9640. The number of fused-ring (bicyclic) bond motifs is 6. The molecular weight excluding hydrogens is 1730 g/mol. The highest BCUT2D eigenvalue weighted by Crippen LogP contribution is 2.56. The third-order valence-electron chi connectivity index (χ3n) is 30.8. The maximum absolute atomic E-state index is 2.51. The third-order valence-corrected chi connectivity index (χ3v) is 30.8. The first kappa shape index (κ1) is 85.0. The molecule has 0 heterocycles. The summed E-state index contributed by atoms with van der Waals surface area (Å²) < 4.78 is 0. The van der Waals surface area contributed by atoms with Gasteiger partial charge in [-0.2, -0.15) is 0 Å². The molecule has 0 fully saturated rings. The fraction of sp³-hybridized carbons (Fsp3) is 0.0278. The minimum absolute atomic E-state index is 0.997. The molecule has 0 aliphatic rings. The van der Waals surface area contributed by atoms with E-state index in [1.165, 1.54) is 302 Å². The molecule has 0 spiro atoms. The predicted octanol–water partition coefficient (Wildman–Crippen LogP) is 40.6. The van der Waals surface area contributed by atoms with E-state index in [0.29, 0.717) is 0 Å². The van der Waals surface area contributed by atoms with Gasteiger partial charge in [0.05, 0.1) is 0 Å². The topological polar surface area (TPSA) is 0 Å². The zero-order valence-corrected chi connectivity index (χ0v) is 80.3. The Morgan fingerprint density at radius 2 is 0.271 bits per heavy atom. The minimum Gasteiger partial charge on any atom is -0.0622 e. The van der Waals surface area contributed by atoms with Gasteiger partial charge < -0.3 is 0 Å². The second-order valence-corrected chi connectivity index (χ2v) is 38.9. The Morgan fingerprint density at radius 1 is 0.111 bits per heavy atom. The van der Waals surface area contributed by atoms with E-state index in [9.17, 15) is 0 Å². The van der Waals surface area contributed by atoms with Crippen molar-refractivity contribution >= 4 is 129 Å². The molecule has 0 radical (unpaired) electrons. The third kappa shape index (κ3) is 14.3. The van der Waals surface area contributed by atoms with Crippen LogP contribution in [0.5, 0.6) is 0 Å². The highest BCUT2D eigenvalue weighted by atomic mass is 14.3. The molecule has 0 unspecified atom stereocenters. The molecule has 672 valence electrons. The molecule has 0 nitrogen and oxygen atoms in total. The minimum atomic E-state index is 0.997. The van der Waals surface area contributed by atoms with Gasteiger partial charge in [-0.3, -0.25) is 0 Å². The largest absolute Gasteiger partial charge is 0.0622 e. The lowest BCUT2D eigenvalue weighted by Crippen LogP contribution is -1.96. The van der Waals surface area contributed by atoms with Crippen LogP contribution >= 0.6 is 0 Å². The van der Waals surface area contributed by atoms with E-state index in [4.69, 9.17) is 0 Å². The van der Waals surface area contributed by atoms with Gasteiger partial charge in [-0.15, -0.1) is 0 Å². The molecule has 28 aromatic rings. The summed E-state index contributed by atoms with van der Waals surface area (Å²) in [4.78, 5) is 0. The molecule has 0 atom stereocenters. The highest BCUT2D eigenvalue weighted by molar-refractivity contribution is 6.36. The molecule has 0 aliphatic heterocycles. The number of hydrogen-bond donors (Lipinski definition) is 0. The summed E-state index contributed by atoms with van der Waals surface area (Å²) in [6, 6.07) is 193. The lowest BCUT2D eigenvalue weighted by molar-refractivity contribution is 1.14. The molecule has 0 saturated heterocycles. The van der Waals surface area contributed by atoms with E-state index in [2.05, 4.69) is 536 Å². The summed E-state index contributed by atoms with van der Waals surface area (Å²) in [5.41, 5.74) is 38.4. The van der Waals surface area contributed by atoms with Crippen molar-refractivity contribution in [3.63, 3.8) is 0 Å². The van der Waals surface area contributed by atoms with Crippen LogP contribution in [0.25, 0.3) is 285 Å². The maximum atomic E-state index is 2.51. The molecular formula is C144H96. The van der Waals surface area contributed by atoms with Gasteiger partial charge in [-0.05, 0) is 335 Å². The van der Waals surface area contributed by atoms with Crippen molar-refractivity contribution in [2.24, 2.45) is 0 Å². The summed E-state index contributed by atoms with van der Waals surface area (Å²) >= 11 is 0. The maximum Gasteiger partial charge on any atom is -0.00139 e. The van der Waals surface area contributed by atoms with Crippen LogP contribution in [0.15, 0.2) is 516 Å². The average Bonchev–Trinajstić information content (AvgIpc) is 0.701. The van der Waals surface area contributed by atoms with Gasteiger partial charge >= 0.3 is 0 Å². The van der Waals surface area contributed by atoms with Gasteiger partial charge in [-0.25, -0.2) is 0 Å². The first-order valence-electron chi connectivity index (χ1n) is 50.5. The number of benzene rings is 28. The van der Waals surface area contributed by atoms with Crippen molar-refractivity contribution in [3.05, 3.63) is 532 Å². The molecule has 0 N–H and O–H groups in total. The van der Waals surface area contributed by atoms with Crippen molar-refractivity contribution in [3.8, 4) is 156 Å². The first-order chi connectivity index (χ1) is 71.2. The highest BCUT2D eigenvalue weighted by Gasteiger charge is 2.29. The Hall–Kier alpha value is -18.2. The van der Waals surface area contributed by atoms with E-state index in [1.807, 2.05) is 0 Å². The fourth-order valence-corrected chi connectivity index (χ4v) is 24.3. The van der Waals surface area contributed by atoms with Crippen LogP contribution in [-0.4, -0.2) is 0 Å². The second kappa shape index (κ2) is 35.3. The van der Waals surface area contributed by atoms with Gasteiger partial charge in [0.25, 0.3) is 0 Å². The molecule has 144 heavy (non-hydrogen) atoms. The van der Waals surface area contributed by atoms with Crippen molar-refractivity contribution in [2.45, 2.75) is 27.2 Å². The summed E-state index contributed by atoms with van der Waals surface area (Å²) in [7, 11) is 0. The Morgan fingerprint density at radius 3 is 0.472 bits per heavy atom. The molecule has 28 rings (SSSR count). The number of hydrogen-bond acceptors (Lipinski definition) is 0. The van der Waals surface area contributed by atoms with Gasteiger partial charge in [-0.1, -0.05) is 509 Å². The molecule has 0 saturated carbocycles. The monoisotopic (exact) mass is 1820 g/mol. The fourth-order valence-electron chi connectivity index (χ4n) is 24.3. The molecule has 0 aliphatic carbocycles. The smallest absolute Gasteiger partial charge is 0.00139 e. The van der Waals surface area contributed by atoms with Crippen molar-refractivity contribution in [1.82, 2.24) is 0 Å². The summed E-state index contributed by atoms with van der Waals surface area (Å²) in [6.07, 6.45) is 0.997. The van der Waals surface area contributed by atoms with Crippen molar-refractivity contribution < 1.29 is 0 Å². The quantitative estimate of drug-likeness (QED) is 0.0898. The molecule has 0 heteroatoms. The van der Waals surface area contributed by atoms with Crippen LogP contribution < -0.4 is 0 Å². The lowest BCUT2D eigenvalue weighted by Gasteiger charge is -2.23. The van der Waals surface area contributed by atoms with E-state index in [0.717, 1.165) is 6.42 Å². The second-order valence-electron chi connectivity index (χ2n) is 38.9.